The fraction of sp³-hybridized carbons (Fsp3) is 0.786. The molecule has 2 amide bonds. The highest BCUT2D eigenvalue weighted by molar-refractivity contribution is 5.88. The lowest BCUT2D eigenvalue weighted by Crippen LogP contribution is -2.56. The number of rotatable bonds is 2. The third kappa shape index (κ3) is 3.56. The monoisotopic (exact) mass is 307 g/mol. The quantitative estimate of drug-likeness (QED) is 0.837. The molecule has 122 valence electrons. The largest absolute Gasteiger partial charge is 0.323 e. The summed E-state index contributed by atoms with van der Waals surface area (Å²) in [6.07, 6.45) is 4.25. The fourth-order valence-corrected chi connectivity index (χ4v) is 3.32. The number of hydrogen-bond acceptors (Lipinski definition) is 5. The Morgan fingerprint density at radius 3 is 2.64 bits per heavy atom. The molecule has 8 nitrogen and oxygen atoms in total. The second kappa shape index (κ2) is 6.62. The first-order valence-corrected chi connectivity index (χ1v) is 7.96. The molecule has 22 heavy (non-hydrogen) atoms. The Bertz CT molecular complexity index is 509. The number of likely N-dealkylation sites (N-methyl/N-ethyl adjacent to an activating group) is 1. The minimum atomic E-state index is -0.0825. The number of aromatic nitrogens is 3. The van der Waals surface area contributed by atoms with Crippen molar-refractivity contribution >= 4 is 11.8 Å². The molecule has 0 bridgehead atoms. The molecule has 0 aromatic carbocycles. The van der Waals surface area contributed by atoms with Crippen molar-refractivity contribution < 1.29 is 4.79 Å². The molecule has 8 heteroatoms. The number of nitrogens with one attached hydrogen (secondary N) is 1. The van der Waals surface area contributed by atoms with Crippen LogP contribution in [0.4, 0.5) is 10.6 Å². The molecule has 2 fully saturated rings. The van der Waals surface area contributed by atoms with E-state index in [2.05, 4.69) is 32.5 Å². The highest BCUT2D eigenvalue weighted by Crippen LogP contribution is 2.17. The average molecular weight is 307 g/mol. The van der Waals surface area contributed by atoms with E-state index >= 15 is 0 Å². The Morgan fingerprint density at radius 1 is 1.23 bits per heavy atom. The number of amides is 2. The van der Waals surface area contributed by atoms with Crippen LogP contribution in [-0.4, -0.2) is 88.1 Å². The minimum Gasteiger partial charge on any atom is -0.322 e. The van der Waals surface area contributed by atoms with E-state index < -0.39 is 0 Å². The minimum absolute atomic E-state index is 0.0825. The van der Waals surface area contributed by atoms with Crippen molar-refractivity contribution in [3.05, 3.63) is 6.20 Å². The molecule has 1 aromatic heterocycles. The number of nitrogens with zero attached hydrogens (tertiary/aromatic N) is 6. The number of piperidine rings is 1. The Kier molecular flexibility index (Phi) is 4.58. The Hall–Kier alpha value is -1.67. The van der Waals surface area contributed by atoms with Gasteiger partial charge < -0.3 is 9.80 Å². The summed E-state index contributed by atoms with van der Waals surface area (Å²) < 4.78 is 1.58. The van der Waals surface area contributed by atoms with Gasteiger partial charge in [-0.25, -0.2) is 4.79 Å². The summed E-state index contributed by atoms with van der Waals surface area (Å²) in [6.45, 7) is 5.79. The van der Waals surface area contributed by atoms with Gasteiger partial charge in [-0.05, 0) is 26.4 Å². The zero-order valence-corrected chi connectivity index (χ0v) is 13.4. The molecule has 2 saturated heterocycles. The van der Waals surface area contributed by atoms with E-state index in [1.165, 1.54) is 19.4 Å². The molecule has 0 spiro atoms. The maximum Gasteiger partial charge on any atom is 0.323 e. The first-order chi connectivity index (χ1) is 10.6. The standard InChI is InChI=1S/C14H25N7O/c1-18-5-3-4-12(10-18)20-6-8-21(9-7-20)14(22)15-13-11-19(2)17-16-13/h11-12H,3-10H2,1-2H3,(H,15,22). The predicted molar refractivity (Wildman–Crippen MR) is 83.7 cm³/mol. The van der Waals surface area contributed by atoms with Crippen LogP contribution in [0.15, 0.2) is 6.20 Å². The summed E-state index contributed by atoms with van der Waals surface area (Å²) in [5.74, 6) is 0.504. The predicted octanol–water partition coefficient (Wildman–Crippen LogP) is 0.0588. The van der Waals surface area contributed by atoms with Gasteiger partial charge >= 0.3 is 6.03 Å². The molecule has 1 atom stereocenters. The van der Waals surface area contributed by atoms with Crippen LogP contribution < -0.4 is 5.32 Å². The van der Waals surface area contributed by atoms with Crippen molar-refractivity contribution in [2.75, 3.05) is 51.6 Å². The first-order valence-electron chi connectivity index (χ1n) is 7.96. The van der Waals surface area contributed by atoms with E-state index in [4.69, 9.17) is 0 Å². The van der Waals surface area contributed by atoms with Crippen molar-refractivity contribution in [1.29, 1.82) is 0 Å². The lowest BCUT2D eigenvalue weighted by atomic mass is 10.0. The molecule has 2 aliphatic heterocycles. The third-order valence-corrected chi connectivity index (χ3v) is 4.56. The van der Waals surface area contributed by atoms with E-state index in [-0.39, 0.29) is 6.03 Å². The van der Waals surface area contributed by atoms with Gasteiger partial charge in [0.2, 0.25) is 0 Å². The average Bonchev–Trinajstić information content (AvgIpc) is 2.92. The number of hydrogen-bond donors (Lipinski definition) is 1. The van der Waals surface area contributed by atoms with Crippen LogP contribution >= 0.6 is 0 Å². The highest BCUT2D eigenvalue weighted by Gasteiger charge is 2.28. The molecule has 0 aliphatic carbocycles. The summed E-state index contributed by atoms with van der Waals surface area (Å²) in [4.78, 5) is 19.0. The first kappa shape index (κ1) is 15.2. The number of carbonyl (C=O) groups is 1. The lowest BCUT2D eigenvalue weighted by Gasteiger charge is -2.42. The lowest BCUT2D eigenvalue weighted by molar-refractivity contribution is 0.0717. The van der Waals surface area contributed by atoms with Gasteiger partial charge in [0.05, 0.1) is 6.20 Å². The number of urea groups is 1. The third-order valence-electron chi connectivity index (χ3n) is 4.56. The smallest absolute Gasteiger partial charge is 0.322 e. The summed E-state index contributed by atoms with van der Waals surface area (Å²) in [6, 6.07) is 0.560. The number of aryl methyl sites for hydroxylation is 1. The Morgan fingerprint density at radius 2 is 2.00 bits per heavy atom. The topological polar surface area (TPSA) is 69.5 Å². The summed E-state index contributed by atoms with van der Waals surface area (Å²) in [5.41, 5.74) is 0. The van der Waals surface area contributed by atoms with Crippen molar-refractivity contribution in [2.24, 2.45) is 7.05 Å². The van der Waals surface area contributed by atoms with Crippen molar-refractivity contribution in [3.8, 4) is 0 Å². The second-order valence-electron chi connectivity index (χ2n) is 6.29. The molecular formula is C14H25N7O. The van der Waals surface area contributed by atoms with Crippen LogP contribution in [0.1, 0.15) is 12.8 Å². The summed E-state index contributed by atoms with van der Waals surface area (Å²) >= 11 is 0. The van der Waals surface area contributed by atoms with Crippen LogP contribution in [-0.2, 0) is 7.05 Å². The van der Waals surface area contributed by atoms with Gasteiger partial charge in [-0.3, -0.25) is 14.9 Å². The van der Waals surface area contributed by atoms with E-state index in [9.17, 15) is 4.79 Å². The van der Waals surface area contributed by atoms with E-state index in [1.807, 2.05) is 4.90 Å². The van der Waals surface area contributed by atoms with Crippen LogP contribution in [0.3, 0.4) is 0 Å². The van der Waals surface area contributed by atoms with Crippen molar-refractivity contribution in [2.45, 2.75) is 18.9 Å². The van der Waals surface area contributed by atoms with Crippen LogP contribution in [0.2, 0.25) is 0 Å². The summed E-state index contributed by atoms with van der Waals surface area (Å²) in [5, 5.41) is 10.5. The van der Waals surface area contributed by atoms with E-state index in [1.54, 1.807) is 17.9 Å². The van der Waals surface area contributed by atoms with Gasteiger partial charge in [0.1, 0.15) is 0 Å². The number of piperazine rings is 1. The molecule has 0 saturated carbocycles. The van der Waals surface area contributed by atoms with Gasteiger partial charge in [0, 0.05) is 45.8 Å². The molecule has 2 aliphatic rings. The molecule has 0 radical (unpaired) electrons. The summed E-state index contributed by atoms with van der Waals surface area (Å²) in [7, 11) is 3.97. The normalized spacial score (nSPS) is 24.5. The van der Waals surface area contributed by atoms with Crippen LogP contribution in [0, 0.1) is 0 Å². The Labute approximate surface area is 131 Å². The molecule has 1 aromatic rings. The molecule has 3 rings (SSSR count). The van der Waals surface area contributed by atoms with Crippen LogP contribution in [0.25, 0.3) is 0 Å². The van der Waals surface area contributed by atoms with Gasteiger partial charge in [0.25, 0.3) is 0 Å². The molecule has 1 N–H and O–H groups in total. The zero-order chi connectivity index (χ0) is 15.5. The van der Waals surface area contributed by atoms with Crippen molar-refractivity contribution in [1.82, 2.24) is 29.7 Å². The number of anilines is 1. The highest BCUT2D eigenvalue weighted by atomic mass is 16.2. The van der Waals surface area contributed by atoms with Gasteiger partial charge in [-0.2, -0.15) is 0 Å². The molecule has 3 heterocycles. The fourth-order valence-electron chi connectivity index (χ4n) is 3.32. The molecule has 1 unspecified atom stereocenters. The van der Waals surface area contributed by atoms with Crippen LogP contribution in [0.5, 0.6) is 0 Å². The van der Waals surface area contributed by atoms with Gasteiger partial charge in [-0.1, -0.05) is 5.21 Å². The van der Waals surface area contributed by atoms with Gasteiger partial charge in [-0.15, -0.1) is 5.10 Å². The maximum absolute atomic E-state index is 12.2. The Balaban J connectivity index is 1.47. The van der Waals surface area contributed by atoms with E-state index in [0.29, 0.717) is 11.9 Å². The van der Waals surface area contributed by atoms with E-state index in [0.717, 1.165) is 32.7 Å². The number of likely N-dealkylation sites (tertiary alicyclic amines) is 1. The molecular weight excluding hydrogens is 282 g/mol. The SMILES string of the molecule is CN1CCCC(N2CCN(C(=O)Nc3cn(C)nn3)CC2)C1. The maximum atomic E-state index is 12.2. The number of carbonyl (C=O) groups excluding carboxylic acids is 1. The second-order valence-corrected chi connectivity index (χ2v) is 6.29. The van der Waals surface area contributed by atoms with Crippen molar-refractivity contribution in [3.63, 3.8) is 0 Å². The zero-order valence-electron chi connectivity index (χ0n) is 13.4. The van der Waals surface area contributed by atoms with Gasteiger partial charge in [0.15, 0.2) is 5.82 Å².